The summed E-state index contributed by atoms with van der Waals surface area (Å²) in [7, 11) is 0. The third-order valence-electron chi connectivity index (χ3n) is 5.40. The quantitative estimate of drug-likeness (QED) is 0.810. The van der Waals surface area contributed by atoms with Crippen molar-refractivity contribution >= 4 is 33.6 Å². The van der Waals surface area contributed by atoms with E-state index in [2.05, 4.69) is 33.8 Å². The minimum atomic E-state index is 0.0249. The molecule has 2 aromatic rings. The van der Waals surface area contributed by atoms with Crippen molar-refractivity contribution in [2.45, 2.75) is 51.0 Å². The lowest BCUT2D eigenvalue weighted by molar-refractivity contribution is -0.116. The molecule has 0 spiro atoms. The second kappa shape index (κ2) is 7.91. The highest BCUT2D eigenvalue weighted by atomic mass is 32.1. The van der Waals surface area contributed by atoms with Crippen LogP contribution in [-0.2, 0) is 17.6 Å². The number of hydrogen-bond donors (Lipinski definition) is 1. The molecule has 1 fully saturated rings. The van der Waals surface area contributed by atoms with E-state index in [0.29, 0.717) is 18.0 Å². The van der Waals surface area contributed by atoms with Gasteiger partial charge in [-0.1, -0.05) is 6.07 Å². The molecule has 1 atom stereocenters. The van der Waals surface area contributed by atoms with Crippen LogP contribution in [0.1, 0.15) is 59.0 Å². The molecule has 1 saturated heterocycles. The normalized spacial score (nSPS) is 19.9. The van der Waals surface area contributed by atoms with Gasteiger partial charge in [0.25, 0.3) is 0 Å². The number of carbonyl (C=O) groups is 1. The Morgan fingerprint density at radius 2 is 2.23 bits per heavy atom. The third-order valence-corrected chi connectivity index (χ3v) is 7.58. The van der Waals surface area contributed by atoms with Crippen LogP contribution in [0.3, 0.4) is 0 Å². The molecule has 4 nitrogen and oxygen atoms in total. The van der Waals surface area contributed by atoms with E-state index in [0.717, 1.165) is 37.4 Å². The Kier molecular flexibility index (Phi) is 5.39. The van der Waals surface area contributed by atoms with Crippen molar-refractivity contribution in [3.8, 4) is 6.07 Å². The van der Waals surface area contributed by atoms with Crippen molar-refractivity contribution in [1.82, 2.24) is 4.90 Å². The maximum absolute atomic E-state index is 12.5. The fraction of sp³-hybridized carbons (Fsp3) is 0.500. The van der Waals surface area contributed by atoms with Crippen LogP contribution in [0.2, 0.25) is 0 Å². The zero-order valence-electron chi connectivity index (χ0n) is 14.8. The van der Waals surface area contributed by atoms with E-state index in [-0.39, 0.29) is 5.91 Å². The van der Waals surface area contributed by atoms with Crippen LogP contribution in [0.15, 0.2) is 17.5 Å². The largest absolute Gasteiger partial charge is 0.317 e. The summed E-state index contributed by atoms with van der Waals surface area (Å²) < 4.78 is 0. The topological polar surface area (TPSA) is 56.1 Å². The molecule has 3 heterocycles. The zero-order valence-corrected chi connectivity index (χ0v) is 16.4. The third kappa shape index (κ3) is 3.57. The number of nitriles is 1. The lowest BCUT2D eigenvalue weighted by Crippen LogP contribution is -2.27. The number of fused-ring (bicyclic) bond motifs is 1. The van der Waals surface area contributed by atoms with Crippen LogP contribution in [0.4, 0.5) is 5.00 Å². The van der Waals surface area contributed by atoms with Gasteiger partial charge in [0.05, 0.1) is 5.56 Å². The van der Waals surface area contributed by atoms with Crippen LogP contribution < -0.4 is 5.32 Å². The van der Waals surface area contributed by atoms with E-state index in [4.69, 9.17) is 0 Å². The first-order chi connectivity index (χ1) is 12.8. The van der Waals surface area contributed by atoms with Crippen LogP contribution in [0, 0.1) is 11.3 Å². The predicted molar refractivity (Wildman–Crippen MR) is 107 cm³/mol. The summed E-state index contributed by atoms with van der Waals surface area (Å²) in [5, 5.41) is 15.4. The fourth-order valence-electron chi connectivity index (χ4n) is 4.10. The average molecular weight is 386 g/mol. The number of aryl methyl sites for hydroxylation is 1. The molecule has 1 unspecified atom stereocenters. The van der Waals surface area contributed by atoms with Crippen LogP contribution >= 0.6 is 22.7 Å². The van der Waals surface area contributed by atoms with Gasteiger partial charge in [0, 0.05) is 28.8 Å². The summed E-state index contributed by atoms with van der Waals surface area (Å²) in [4.78, 5) is 17.6. The molecule has 0 saturated carbocycles. The fourth-order valence-corrected chi connectivity index (χ4v) is 6.25. The number of rotatable bonds is 5. The Morgan fingerprint density at radius 3 is 3.04 bits per heavy atom. The van der Waals surface area contributed by atoms with Gasteiger partial charge in [-0.2, -0.15) is 5.26 Å². The molecule has 1 N–H and O–H groups in total. The summed E-state index contributed by atoms with van der Waals surface area (Å²) in [6.07, 6.45) is 7.20. The Bertz CT molecular complexity index is 819. The molecule has 26 heavy (non-hydrogen) atoms. The van der Waals surface area contributed by atoms with E-state index in [1.54, 1.807) is 22.7 Å². The van der Waals surface area contributed by atoms with Gasteiger partial charge in [0.15, 0.2) is 0 Å². The maximum Gasteiger partial charge on any atom is 0.226 e. The lowest BCUT2D eigenvalue weighted by Gasteiger charge is -2.23. The van der Waals surface area contributed by atoms with Crippen LogP contribution in [-0.4, -0.2) is 23.9 Å². The molecular weight excluding hydrogens is 362 g/mol. The smallest absolute Gasteiger partial charge is 0.226 e. The predicted octanol–water partition coefficient (Wildman–Crippen LogP) is 4.73. The van der Waals surface area contributed by atoms with Gasteiger partial charge in [0.1, 0.15) is 11.1 Å². The number of likely N-dealkylation sites (tertiary alicyclic amines) is 1. The van der Waals surface area contributed by atoms with Crippen molar-refractivity contribution in [3.63, 3.8) is 0 Å². The summed E-state index contributed by atoms with van der Waals surface area (Å²) in [6.45, 7) is 1.84. The summed E-state index contributed by atoms with van der Waals surface area (Å²) in [5.74, 6) is 0.0249. The molecule has 0 bridgehead atoms. The Morgan fingerprint density at radius 1 is 1.35 bits per heavy atom. The van der Waals surface area contributed by atoms with E-state index in [1.165, 1.54) is 34.6 Å². The minimum absolute atomic E-state index is 0.0249. The SMILES string of the molecule is N#Cc1c(NC(=O)CCN2CCCC2c2cccs2)sc2c1CCCC2. The van der Waals surface area contributed by atoms with Gasteiger partial charge in [0.2, 0.25) is 5.91 Å². The highest BCUT2D eigenvalue weighted by Gasteiger charge is 2.27. The molecule has 6 heteroatoms. The van der Waals surface area contributed by atoms with Crippen LogP contribution in [0.5, 0.6) is 0 Å². The van der Waals surface area contributed by atoms with E-state index >= 15 is 0 Å². The first kappa shape index (κ1) is 17.7. The van der Waals surface area contributed by atoms with Gasteiger partial charge < -0.3 is 5.32 Å². The second-order valence-corrected chi connectivity index (χ2v) is 9.12. The number of amides is 1. The molecule has 0 radical (unpaired) electrons. The highest BCUT2D eigenvalue weighted by molar-refractivity contribution is 7.16. The van der Waals surface area contributed by atoms with Crippen molar-refractivity contribution in [2.24, 2.45) is 0 Å². The van der Waals surface area contributed by atoms with Crippen molar-refractivity contribution in [3.05, 3.63) is 38.4 Å². The highest BCUT2D eigenvalue weighted by Crippen LogP contribution is 2.38. The van der Waals surface area contributed by atoms with Crippen molar-refractivity contribution in [1.29, 1.82) is 5.26 Å². The van der Waals surface area contributed by atoms with Crippen molar-refractivity contribution in [2.75, 3.05) is 18.4 Å². The van der Waals surface area contributed by atoms with E-state index < -0.39 is 0 Å². The van der Waals surface area contributed by atoms with Gasteiger partial charge in [-0.25, -0.2) is 0 Å². The average Bonchev–Trinajstić information content (AvgIpc) is 3.38. The Labute approximate surface area is 162 Å². The molecule has 136 valence electrons. The maximum atomic E-state index is 12.5. The number of thiophene rings is 2. The molecule has 2 aliphatic rings. The molecule has 1 aliphatic carbocycles. The first-order valence-corrected chi connectivity index (χ1v) is 11.1. The number of carbonyl (C=O) groups excluding carboxylic acids is 1. The first-order valence-electron chi connectivity index (χ1n) is 9.38. The molecule has 1 amide bonds. The molecule has 0 aromatic carbocycles. The summed E-state index contributed by atoms with van der Waals surface area (Å²) >= 11 is 3.41. The lowest BCUT2D eigenvalue weighted by atomic mass is 9.96. The standard InChI is InChI=1S/C20H23N3OS2/c21-13-15-14-5-1-2-7-17(14)26-20(15)22-19(24)9-11-23-10-3-6-16(23)18-8-4-12-25-18/h4,8,12,16H,1-3,5-7,9-11H2,(H,22,24). The molecule has 4 rings (SSSR count). The second-order valence-electron chi connectivity index (χ2n) is 7.03. The van der Waals surface area contributed by atoms with E-state index in [1.807, 2.05) is 0 Å². The van der Waals surface area contributed by atoms with Gasteiger partial charge in [-0.3, -0.25) is 9.69 Å². The van der Waals surface area contributed by atoms with Gasteiger partial charge >= 0.3 is 0 Å². The van der Waals surface area contributed by atoms with Gasteiger partial charge in [-0.05, 0) is 62.1 Å². The summed E-state index contributed by atoms with van der Waals surface area (Å²) in [6, 6.07) is 7.08. The van der Waals surface area contributed by atoms with E-state index in [9.17, 15) is 10.1 Å². The number of nitrogens with zero attached hydrogens (tertiary/aromatic N) is 2. The Balaban J connectivity index is 1.37. The molecular formula is C20H23N3OS2. The minimum Gasteiger partial charge on any atom is -0.317 e. The Hall–Kier alpha value is -1.68. The molecule has 2 aromatic heterocycles. The summed E-state index contributed by atoms with van der Waals surface area (Å²) in [5.41, 5.74) is 1.88. The monoisotopic (exact) mass is 385 g/mol. The molecule has 1 aliphatic heterocycles. The van der Waals surface area contributed by atoms with Crippen molar-refractivity contribution < 1.29 is 4.79 Å². The zero-order chi connectivity index (χ0) is 17.9. The number of nitrogens with one attached hydrogen (secondary N) is 1. The number of hydrogen-bond acceptors (Lipinski definition) is 5. The van der Waals surface area contributed by atoms with Crippen LogP contribution in [0.25, 0.3) is 0 Å². The number of anilines is 1. The van der Waals surface area contributed by atoms with Gasteiger partial charge in [-0.15, -0.1) is 22.7 Å².